The van der Waals surface area contributed by atoms with Crippen molar-refractivity contribution in [2.45, 2.75) is 96.8 Å². The minimum Gasteiger partial charge on any atom is -0.396 e. The summed E-state index contributed by atoms with van der Waals surface area (Å²) in [6.45, 7) is 2.68. The molecule has 1 saturated carbocycles. The van der Waals surface area contributed by atoms with E-state index in [1.54, 1.807) is 0 Å². The van der Waals surface area contributed by atoms with E-state index < -0.39 is 0 Å². The first-order valence-corrected chi connectivity index (χ1v) is 8.44. The molecular formula is C17H34O. The molecule has 1 nitrogen and oxygen atoms in total. The highest BCUT2D eigenvalue weighted by molar-refractivity contribution is 4.82. The molecule has 0 spiro atoms. The Labute approximate surface area is 114 Å². The monoisotopic (exact) mass is 254 g/mol. The first kappa shape index (κ1) is 16.0. The molecule has 0 unspecified atom stereocenters. The van der Waals surface area contributed by atoms with Crippen LogP contribution >= 0.6 is 0 Å². The molecule has 0 heterocycles. The molecule has 0 bridgehead atoms. The number of aliphatic hydroxyl groups is 1. The van der Waals surface area contributed by atoms with Crippen LogP contribution < -0.4 is 0 Å². The third-order valence-corrected chi connectivity index (χ3v) is 4.84. The number of hydrogen-bond acceptors (Lipinski definition) is 1. The standard InChI is InChI=1S/C17H34O/c1-2-3-7-12-17(14-9-6-10-15-17)13-8-4-5-11-16-18/h18H,2-16H2,1H3. The Balaban J connectivity index is 2.25. The fourth-order valence-electron chi connectivity index (χ4n) is 3.64. The highest BCUT2D eigenvalue weighted by Crippen LogP contribution is 2.44. The Bertz CT molecular complexity index is 182. The van der Waals surface area contributed by atoms with Crippen LogP contribution in [-0.4, -0.2) is 11.7 Å². The van der Waals surface area contributed by atoms with Gasteiger partial charge in [0.25, 0.3) is 0 Å². The second kappa shape index (κ2) is 9.83. The van der Waals surface area contributed by atoms with Gasteiger partial charge in [-0.25, -0.2) is 0 Å². The number of aliphatic hydroxyl groups excluding tert-OH is 1. The molecule has 1 rings (SSSR count). The topological polar surface area (TPSA) is 20.2 Å². The summed E-state index contributed by atoms with van der Waals surface area (Å²) in [5.74, 6) is 0. The van der Waals surface area contributed by atoms with Crippen molar-refractivity contribution in [2.75, 3.05) is 6.61 Å². The molecule has 1 aliphatic rings. The fourth-order valence-corrected chi connectivity index (χ4v) is 3.64. The van der Waals surface area contributed by atoms with Crippen LogP contribution in [-0.2, 0) is 0 Å². The van der Waals surface area contributed by atoms with E-state index in [1.165, 1.54) is 83.5 Å². The van der Waals surface area contributed by atoms with E-state index in [2.05, 4.69) is 6.92 Å². The summed E-state index contributed by atoms with van der Waals surface area (Å²) in [4.78, 5) is 0. The molecular weight excluding hydrogens is 220 g/mol. The quantitative estimate of drug-likeness (QED) is 0.513. The van der Waals surface area contributed by atoms with E-state index >= 15 is 0 Å². The van der Waals surface area contributed by atoms with Gasteiger partial charge in [-0.1, -0.05) is 64.7 Å². The lowest BCUT2D eigenvalue weighted by Crippen LogP contribution is -2.24. The molecule has 1 N–H and O–H groups in total. The molecule has 1 aliphatic carbocycles. The van der Waals surface area contributed by atoms with Crippen LogP contribution in [0.3, 0.4) is 0 Å². The van der Waals surface area contributed by atoms with Gasteiger partial charge < -0.3 is 5.11 Å². The number of hydrogen-bond donors (Lipinski definition) is 1. The smallest absolute Gasteiger partial charge is 0.0431 e. The van der Waals surface area contributed by atoms with Crippen molar-refractivity contribution >= 4 is 0 Å². The van der Waals surface area contributed by atoms with Gasteiger partial charge in [0.05, 0.1) is 0 Å². The lowest BCUT2D eigenvalue weighted by Gasteiger charge is -2.38. The molecule has 1 fully saturated rings. The van der Waals surface area contributed by atoms with Crippen LogP contribution in [0.1, 0.15) is 96.8 Å². The minimum atomic E-state index is 0.377. The van der Waals surface area contributed by atoms with E-state index in [9.17, 15) is 0 Å². The Morgan fingerprint density at radius 1 is 0.778 bits per heavy atom. The van der Waals surface area contributed by atoms with Crippen molar-refractivity contribution < 1.29 is 5.11 Å². The molecule has 0 aromatic heterocycles. The van der Waals surface area contributed by atoms with E-state index in [4.69, 9.17) is 5.11 Å². The summed E-state index contributed by atoms with van der Waals surface area (Å²) >= 11 is 0. The van der Waals surface area contributed by atoms with Crippen LogP contribution in [0.2, 0.25) is 0 Å². The molecule has 0 aromatic carbocycles. The van der Waals surface area contributed by atoms with Gasteiger partial charge >= 0.3 is 0 Å². The molecule has 108 valence electrons. The van der Waals surface area contributed by atoms with Crippen LogP contribution in [0.25, 0.3) is 0 Å². The van der Waals surface area contributed by atoms with Gasteiger partial charge in [-0.15, -0.1) is 0 Å². The van der Waals surface area contributed by atoms with Crippen molar-refractivity contribution in [3.63, 3.8) is 0 Å². The Kier molecular flexibility index (Phi) is 8.75. The Morgan fingerprint density at radius 3 is 2.00 bits per heavy atom. The highest BCUT2D eigenvalue weighted by Gasteiger charge is 2.30. The highest BCUT2D eigenvalue weighted by atomic mass is 16.2. The van der Waals surface area contributed by atoms with Crippen molar-refractivity contribution in [1.82, 2.24) is 0 Å². The maximum absolute atomic E-state index is 8.81. The summed E-state index contributed by atoms with van der Waals surface area (Å²) in [5.41, 5.74) is 0.715. The summed E-state index contributed by atoms with van der Waals surface area (Å²) in [6.07, 6.45) is 19.5. The van der Waals surface area contributed by atoms with E-state index in [0.29, 0.717) is 12.0 Å². The van der Waals surface area contributed by atoms with E-state index in [1.807, 2.05) is 0 Å². The lowest BCUT2D eigenvalue weighted by atomic mass is 9.68. The molecule has 0 aliphatic heterocycles. The van der Waals surface area contributed by atoms with Gasteiger partial charge in [-0.05, 0) is 37.5 Å². The van der Waals surface area contributed by atoms with E-state index in [0.717, 1.165) is 6.42 Å². The van der Waals surface area contributed by atoms with Gasteiger partial charge in [-0.3, -0.25) is 0 Å². The third kappa shape index (κ3) is 6.22. The average Bonchev–Trinajstić information content (AvgIpc) is 2.40. The largest absolute Gasteiger partial charge is 0.396 e. The summed E-state index contributed by atoms with van der Waals surface area (Å²) in [7, 11) is 0. The third-order valence-electron chi connectivity index (χ3n) is 4.84. The SMILES string of the molecule is CCCCCC1(CCCCCCO)CCCCC1. The van der Waals surface area contributed by atoms with Gasteiger partial charge in [0.2, 0.25) is 0 Å². The summed E-state index contributed by atoms with van der Waals surface area (Å²) in [6, 6.07) is 0. The first-order valence-electron chi connectivity index (χ1n) is 8.44. The van der Waals surface area contributed by atoms with Gasteiger partial charge in [-0.2, -0.15) is 0 Å². The molecule has 0 radical (unpaired) electrons. The molecule has 0 amide bonds. The van der Waals surface area contributed by atoms with Crippen molar-refractivity contribution in [3.8, 4) is 0 Å². The van der Waals surface area contributed by atoms with Crippen LogP contribution in [0.4, 0.5) is 0 Å². The number of unbranched alkanes of at least 4 members (excludes halogenated alkanes) is 5. The van der Waals surface area contributed by atoms with Crippen molar-refractivity contribution in [2.24, 2.45) is 5.41 Å². The molecule has 1 heteroatoms. The molecule has 0 atom stereocenters. The zero-order valence-corrected chi connectivity index (χ0v) is 12.6. The van der Waals surface area contributed by atoms with Gasteiger partial charge in [0.1, 0.15) is 0 Å². The van der Waals surface area contributed by atoms with Crippen molar-refractivity contribution in [1.29, 1.82) is 0 Å². The molecule has 18 heavy (non-hydrogen) atoms. The fraction of sp³-hybridized carbons (Fsp3) is 1.00. The zero-order valence-electron chi connectivity index (χ0n) is 12.6. The normalized spacial score (nSPS) is 19.0. The maximum atomic E-state index is 8.81. The summed E-state index contributed by atoms with van der Waals surface area (Å²) in [5, 5.41) is 8.81. The second-order valence-corrected chi connectivity index (χ2v) is 6.41. The van der Waals surface area contributed by atoms with Crippen LogP contribution in [0, 0.1) is 5.41 Å². The van der Waals surface area contributed by atoms with Crippen LogP contribution in [0.15, 0.2) is 0 Å². The molecule has 0 aromatic rings. The second-order valence-electron chi connectivity index (χ2n) is 6.41. The van der Waals surface area contributed by atoms with Gasteiger partial charge in [0, 0.05) is 6.61 Å². The lowest BCUT2D eigenvalue weighted by molar-refractivity contribution is 0.146. The van der Waals surface area contributed by atoms with Crippen LogP contribution in [0.5, 0.6) is 0 Å². The van der Waals surface area contributed by atoms with E-state index in [-0.39, 0.29) is 0 Å². The minimum absolute atomic E-state index is 0.377. The Morgan fingerprint density at radius 2 is 1.39 bits per heavy atom. The maximum Gasteiger partial charge on any atom is 0.0431 e. The Hall–Kier alpha value is -0.0400. The predicted molar refractivity (Wildman–Crippen MR) is 79.8 cm³/mol. The zero-order chi connectivity index (χ0) is 13.1. The van der Waals surface area contributed by atoms with Gasteiger partial charge in [0.15, 0.2) is 0 Å². The first-order chi connectivity index (χ1) is 8.83. The summed E-state index contributed by atoms with van der Waals surface area (Å²) < 4.78 is 0. The number of rotatable bonds is 10. The molecule has 0 saturated heterocycles. The average molecular weight is 254 g/mol. The van der Waals surface area contributed by atoms with Crippen molar-refractivity contribution in [3.05, 3.63) is 0 Å². The predicted octanol–water partition coefficient (Wildman–Crippen LogP) is 5.46.